The van der Waals surface area contributed by atoms with Gasteiger partial charge in [0.15, 0.2) is 25.2 Å². The molecular formula is C69H112F5N5O33. The molecule has 0 spiro atoms. The van der Waals surface area contributed by atoms with E-state index in [0.717, 1.165) is 76.7 Å². The topological polar surface area (TPSA) is 618 Å². The van der Waals surface area contributed by atoms with Gasteiger partial charge in [0.1, 0.15) is 128 Å². The number of aliphatic hydroxyl groups excluding tert-OH is 16. The van der Waals surface area contributed by atoms with Gasteiger partial charge in [-0.1, -0.05) is 96.8 Å². The Morgan fingerprint density at radius 1 is 0.589 bits per heavy atom. The number of carbonyl (C=O) groups is 5. The number of carbonyl (C=O) groups excluding carboxylic acids is 5. The molecule has 38 nitrogen and oxygen atoms in total. The Kier molecular flexibility index (Phi) is 39.9. The van der Waals surface area contributed by atoms with E-state index in [0.29, 0.717) is 25.0 Å². The van der Waals surface area contributed by atoms with E-state index in [2.05, 4.69) is 32.9 Å². The van der Waals surface area contributed by atoms with Crippen LogP contribution in [0.4, 0.5) is 27.6 Å². The Bertz CT molecular complexity index is 3020. The fourth-order valence-electron chi connectivity index (χ4n) is 13.3. The molecule has 0 saturated carbocycles. The van der Waals surface area contributed by atoms with Crippen molar-refractivity contribution >= 4 is 35.3 Å². The molecule has 646 valence electrons. The number of ether oxygens (including phenoxy) is 11. The number of rotatable bonds is 44. The summed E-state index contributed by atoms with van der Waals surface area (Å²) in [6.07, 6.45) is -48.4. The lowest BCUT2D eigenvalue weighted by molar-refractivity contribution is -0.421. The van der Waals surface area contributed by atoms with Gasteiger partial charge in [0.2, 0.25) is 29.4 Å². The van der Waals surface area contributed by atoms with Gasteiger partial charge in [-0.3, -0.25) is 19.2 Å². The lowest BCUT2D eigenvalue weighted by atomic mass is 9.88. The summed E-state index contributed by atoms with van der Waals surface area (Å²) in [5.41, 5.74) is -0.153. The molecule has 5 fully saturated rings. The summed E-state index contributed by atoms with van der Waals surface area (Å²) in [6.45, 7) is -2.81. The van der Waals surface area contributed by atoms with Gasteiger partial charge in [-0.25, -0.2) is 0 Å². The van der Waals surface area contributed by atoms with Crippen molar-refractivity contribution in [1.82, 2.24) is 22.1 Å². The predicted molar refractivity (Wildman–Crippen MR) is 367 cm³/mol. The largest absolute Gasteiger partial charge is 0.544 e. The maximum absolute atomic E-state index is 13.7. The summed E-state index contributed by atoms with van der Waals surface area (Å²) in [4.78, 5) is 65.8. The van der Waals surface area contributed by atoms with E-state index < -0.39 is 265 Å². The summed E-state index contributed by atoms with van der Waals surface area (Å²) in [5, 5.41) is 200. The monoisotopic (exact) mass is 1630 g/mol. The number of quaternary nitrogens is 1. The average molecular weight is 1630 g/mol. The van der Waals surface area contributed by atoms with E-state index in [-0.39, 0.29) is 18.3 Å². The summed E-state index contributed by atoms with van der Waals surface area (Å²) in [7, 11) is 0. The normalized spacial score (nSPS) is 33.7. The Morgan fingerprint density at radius 2 is 1.07 bits per heavy atom. The molecule has 0 aliphatic carbocycles. The van der Waals surface area contributed by atoms with Crippen molar-refractivity contribution in [3.05, 3.63) is 36.4 Å². The third-order valence-electron chi connectivity index (χ3n) is 19.4. The lowest BCUT2D eigenvalue weighted by Crippen LogP contribution is -2.73. The molecule has 0 aromatic heterocycles. The zero-order valence-electron chi connectivity index (χ0n) is 62.3. The third kappa shape index (κ3) is 26.9. The molecule has 5 aliphatic heterocycles. The number of halogens is 5. The average Bonchev–Trinajstić information content (AvgIpc) is 0.737. The van der Waals surface area contributed by atoms with E-state index >= 15 is 0 Å². The second kappa shape index (κ2) is 46.0. The molecule has 112 heavy (non-hydrogen) atoms. The van der Waals surface area contributed by atoms with Gasteiger partial charge in [0, 0.05) is 38.5 Å². The summed E-state index contributed by atoms with van der Waals surface area (Å²) in [6, 6.07) is -2.17. The zero-order chi connectivity index (χ0) is 82.2. The molecule has 0 bridgehead atoms. The molecule has 5 heterocycles. The van der Waals surface area contributed by atoms with E-state index in [1.54, 1.807) is 0 Å². The van der Waals surface area contributed by atoms with Crippen LogP contribution in [-0.4, -0.2) is 334 Å². The van der Waals surface area contributed by atoms with Crippen LogP contribution in [0.3, 0.4) is 0 Å². The van der Waals surface area contributed by atoms with E-state index in [1.165, 1.54) is 44.9 Å². The number of hydrogen-bond donors (Lipinski definition) is 21. The van der Waals surface area contributed by atoms with Gasteiger partial charge in [-0.05, 0) is 36.8 Å². The van der Waals surface area contributed by atoms with Crippen LogP contribution in [0, 0.1) is 0 Å². The predicted octanol–water partition coefficient (Wildman–Crippen LogP) is -4.53. The van der Waals surface area contributed by atoms with Crippen LogP contribution < -0.4 is 37.3 Å². The molecule has 1 aromatic carbocycles. The molecule has 6 rings (SSSR count). The first-order valence-corrected chi connectivity index (χ1v) is 36.9. The number of hydrogen-bond acceptors (Lipinski definition) is 33. The Hall–Kier alpha value is -5.32. The molecule has 2 unspecified atom stereocenters. The lowest BCUT2D eigenvalue weighted by Gasteiger charge is -2.54. The quantitative estimate of drug-likeness (QED) is 0.0166. The highest BCUT2D eigenvalue weighted by Gasteiger charge is 2.63. The molecule has 0 radical (unpaired) electrons. The first-order chi connectivity index (χ1) is 52.5. The fourth-order valence-corrected chi connectivity index (χ4v) is 13.3. The molecule has 5 aliphatic rings. The number of aliphatic hydroxyl groups is 16. The number of nitrogens with one attached hydrogen (secondary N) is 4. The Labute approximate surface area is 640 Å². The minimum absolute atomic E-state index is 0. The van der Waals surface area contributed by atoms with Crippen molar-refractivity contribution in [2.45, 2.75) is 313 Å². The maximum atomic E-state index is 13.7. The highest BCUT2D eigenvalue weighted by atomic mass is 19.4. The van der Waals surface area contributed by atoms with Crippen LogP contribution in [0.5, 0.6) is 5.75 Å². The summed E-state index contributed by atoms with van der Waals surface area (Å²) >= 11 is 0. The van der Waals surface area contributed by atoms with Crippen molar-refractivity contribution in [1.29, 1.82) is 0 Å². The van der Waals surface area contributed by atoms with Crippen molar-refractivity contribution in [3.63, 3.8) is 0 Å². The number of carboxylic acids is 1. The minimum Gasteiger partial charge on any atom is -0.544 e. The van der Waals surface area contributed by atoms with Crippen molar-refractivity contribution < 1.29 is 185 Å². The van der Waals surface area contributed by atoms with Crippen LogP contribution in [0.1, 0.15) is 130 Å². The number of alkyl halides is 5. The van der Waals surface area contributed by atoms with Gasteiger partial charge < -0.3 is 171 Å². The Morgan fingerprint density at radius 3 is 1.61 bits per heavy atom. The molecule has 24 N–H and O–H groups in total. The smallest absolute Gasteiger partial charge is 0.499 e. The number of aliphatic carboxylic acids is 1. The second-order valence-electron chi connectivity index (χ2n) is 28.0. The van der Waals surface area contributed by atoms with Gasteiger partial charge in [0.25, 0.3) is 0 Å². The SMILES string of the molecule is CCCCCCCCCCCCCCCCCC(=O)N[C@@H](CO[C@@H]1O[C@H](CO)[C@@H](O[C@@H]2O[C@H](CO)[C@H](O[C@@H]3O[C@H](CO)[C@H](O)[C@H](O[C@@H]4O[C@H](CO)[C@H](O)[C@H](O)[C@H]4O)[C@H]3NC(C)=O)[C@H](O[C@]3(C(=O)[O-])C[C@H](O)C(NC(C)=O)C([C@H](O)[C@H](O)CO)O3)[C@H]2O)[C@H](O)[C@H]1O)[C@H](O)/C=C/C(=O)Nc1ccc(OC(F)(F)C(F)(F)F)cc1.[NH4+]. The second-order valence-corrected chi connectivity index (χ2v) is 28.0. The molecule has 28 atom stereocenters. The van der Waals surface area contributed by atoms with Gasteiger partial charge >= 0.3 is 12.3 Å². The number of anilines is 1. The third-order valence-corrected chi connectivity index (χ3v) is 19.4. The maximum Gasteiger partial charge on any atom is 0.499 e. The van der Waals surface area contributed by atoms with Gasteiger partial charge in [-0.15, -0.1) is 0 Å². The van der Waals surface area contributed by atoms with Gasteiger partial charge in [0.05, 0.1) is 63.9 Å². The highest BCUT2D eigenvalue weighted by Crippen LogP contribution is 2.42. The minimum atomic E-state index is -6.06. The van der Waals surface area contributed by atoms with Crippen molar-refractivity contribution in [3.8, 4) is 5.75 Å². The van der Waals surface area contributed by atoms with Crippen LogP contribution in [0.2, 0.25) is 0 Å². The number of amides is 4. The van der Waals surface area contributed by atoms with E-state index in [4.69, 9.17) is 47.4 Å². The first kappa shape index (κ1) is 97.3. The van der Waals surface area contributed by atoms with E-state index in [9.17, 15) is 133 Å². The van der Waals surface area contributed by atoms with Crippen LogP contribution in [0.15, 0.2) is 36.4 Å². The zero-order valence-corrected chi connectivity index (χ0v) is 62.3. The Balaban J connectivity index is 0.0000224. The number of benzene rings is 1. The highest BCUT2D eigenvalue weighted by molar-refractivity contribution is 5.99. The summed E-state index contributed by atoms with van der Waals surface area (Å²) < 4.78 is 128. The first-order valence-electron chi connectivity index (χ1n) is 36.9. The number of unbranched alkanes of at least 4 members (excludes halogenated alkanes) is 14. The van der Waals surface area contributed by atoms with Crippen LogP contribution in [-0.2, 0) is 71.3 Å². The van der Waals surface area contributed by atoms with Crippen LogP contribution >= 0.6 is 0 Å². The fraction of sp³-hybridized carbons (Fsp3) is 0.812. The number of carboxylic acid groups (broad SMARTS) is 1. The van der Waals surface area contributed by atoms with Crippen LogP contribution in [0.25, 0.3) is 0 Å². The molecule has 4 amide bonds. The van der Waals surface area contributed by atoms with Crippen molar-refractivity contribution in [2.24, 2.45) is 0 Å². The van der Waals surface area contributed by atoms with Crippen molar-refractivity contribution in [2.75, 3.05) is 45.0 Å². The van der Waals surface area contributed by atoms with E-state index in [1.807, 2.05) is 0 Å². The molecule has 1 aromatic rings. The standard InChI is InChI=1S/C69H109F5N4O33.H3N/c1-4-5-6-7-8-9-10-11-12-13-14-15-16-17-18-19-45(89)78-37(38(86)24-25-46(90)77-35-20-22-36(23-21-35)109-69(73,74)68(70,71)72)32-101-63-55(97)53(95)57(43(30-82)104-63)106-65-56(98)61(111-67(66(99)100)26-39(87)47(75-33(2)84)60(110-67)49(91)40(88)27-79)58(44(31-83)105-65)107-62-48(76-34(3)85)59(51(93)42(29-81)102-62)108-64-54(96)52(94)50(92)41(28-80)103-64;/h20-25,37-44,47-65,79-83,86-88,91-98H,4-19,26-32H2,1-3H3,(H,75,84)(H,76,85)(H,77,90)(H,78,89)(H,99,100);1H3/b25-24+;/t37-,38+,39-,40+,41+,42+,43+,44+,47?,48+,49+,50-,51-,52-,53+,54+,55+,56+,57+,58-,59+,60?,61+,62-,63+,64-,65-,67-;/m0./s1. The molecular weight excluding hydrogens is 1520 g/mol. The summed E-state index contributed by atoms with van der Waals surface area (Å²) in [5.74, 6) is -10.6. The molecule has 5 saturated heterocycles. The van der Waals surface area contributed by atoms with Gasteiger partial charge in [-0.2, -0.15) is 22.0 Å². The molecule has 43 heteroatoms.